The number of carbonyl (C=O) groups is 1. The number of ether oxygens (including phenoxy) is 1. The van der Waals surface area contributed by atoms with E-state index in [0.717, 1.165) is 35.4 Å². The molecule has 0 amide bonds. The van der Waals surface area contributed by atoms with E-state index in [4.69, 9.17) is 4.74 Å². The molecule has 4 nitrogen and oxygen atoms in total. The number of nitrogens with one attached hydrogen (secondary N) is 1. The highest BCUT2D eigenvalue weighted by Gasteiger charge is 2.20. The topological polar surface area (TPSA) is 41.6 Å². The number of anilines is 1. The number of rotatable bonds is 2. The second-order valence-electron chi connectivity index (χ2n) is 5.94. The van der Waals surface area contributed by atoms with Crippen LogP contribution in [0.1, 0.15) is 31.1 Å². The molecule has 0 radical (unpaired) electrons. The van der Waals surface area contributed by atoms with Gasteiger partial charge in [0.15, 0.2) is 0 Å². The van der Waals surface area contributed by atoms with Gasteiger partial charge in [-0.2, -0.15) is 0 Å². The van der Waals surface area contributed by atoms with Crippen LogP contribution >= 0.6 is 22.6 Å². The molecule has 110 valence electrons. The average Bonchev–Trinajstić information content (AvgIpc) is 2.37. The summed E-state index contributed by atoms with van der Waals surface area (Å²) in [6.45, 7) is 9.55. The molecule has 1 aliphatic heterocycles. The third kappa shape index (κ3) is 4.34. The summed E-state index contributed by atoms with van der Waals surface area (Å²) in [5, 5.41) is 3.33. The van der Waals surface area contributed by atoms with Crippen LogP contribution in [-0.2, 0) is 4.74 Å². The number of hydrogen-bond acceptors (Lipinski definition) is 4. The number of nitrogens with zero attached hydrogens (tertiary/aromatic N) is 1. The monoisotopic (exact) mass is 388 g/mol. The Hall–Kier alpha value is -0.820. The number of hydrogen-bond donors (Lipinski definition) is 1. The lowest BCUT2D eigenvalue weighted by molar-refractivity contribution is 0.00695. The summed E-state index contributed by atoms with van der Waals surface area (Å²) in [4.78, 5) is 14.5. The summed E-state index contributed by atoms with van der Waals surface area (Å²) in [5.41, 5.74) is 1.26. The van der Waals surface area contributed by atoms with Gasteiger partial charge in [-0.1, -0.05) is 0 Å². The van der Waals surface area contributed by atoms with Crippen molar-refractivity contribution in [3.63, 3.8) is 0 Å². The molecule has 1 fully saturated rings. The van der Waals surface area contributed by atoms with Gasteiger partial charge in [0.25, 0.3) is 0 Å². The van der Waals surface area contributed by atoms with Gasteiger partial charge in [-0.25, -0.2) is 4.79 Å². The third-order valence-corrected chi connectivity index (χ3v) is 3.62. The van der Waals surface area contributed by atoms with Crippen LogP contribution in [0.5, 0.6) is 0 Å². The molecular formula is C15H21IN2O2. The lowest BCUT2D eigenvalue weighted by Gasteiger charge is -2.30. The van der Waals surface area contributed by atoms with E-state index in [0.29, 0.717) is 5.56 Å². The first kappa shape index (κ1) is 15.6. The van der Waals surface area contributed by atoms with Crippen LogP contribution < -0.4 is 10.2 Å². The Labute approximate surface area is 134 Å². The normalized spacial score (nSPS) is 16.1. The molecule has 1 saturated heterocycles. The molecule has 5 heteroatoms. The van der Waals surface area contributed by atoms with E-state index in [9.17, 15) is 4.79 Å². The minimum atomic E-state index is -0.465. The summed E-state index contributed by atoms with van der Waals surface area (Å²) < 4.78 is 6.50. The number of halogens is 1. The molecular weight excluding hydrogens is 367 g/mol. The molecule has 0 saturated carbocycles. The van der Waals surface area contributed by atoms with Gasteiger partial charge in [0.1, 0.15) is 5.60 Å². The molecule has 0 spiro atoms. The molecule has 1 aromatic rings. The zero-order valence-electron chi connectivity index (χ0n) is 12.2. The summed E-state index contributed by atoms with van der Waals surface area (Å²) in [7, 11) is 0. The highest BCUT2D eigenvalue weighted by Crippen LogP contribution is 2.23. The summed E-state index contributed by atoms with van der Waals surface area (Å²) in [6.07, 6.45) is 0. The molecule has 1 N–H and O–H groups in total. The van der Waals surface area contributed by atoms with Crippen LogP contribution in [0.15, 0.2) is 18.2 Å². The zero-order valence-corrected chi connectivity index (χ0v) is 14.4. The molecule has 1 heterocycles. The van der Waals surface area contributed by atoms with Gasteiger partial charge < -0.3 is 15.0 Å². The van der Waals surface area contributed by atoms with E-state index < -0.39 is 5.60 Å². The Morgan fingerprint density at radius 2 is 1.90 bits per heavy atom. The minimum Gasteiger partial charge on any atom is -0.456 e. The fourth-order valence-electron chi connectivity index (χ4n) is 2.13. The van der Waals surface area contributed by atoms with E-state index in [1.165, 1.54) is 0 Å². The number of benzene rings is 1. The van der Waals surface area contributed by atoms with Crippen LogP contribution in [0.2, 0.25) is 0 Å². The van der Waals surface area contributed by atoms with Crippen molar-refractivity contribution in [3.8, 4) is 0 Å². The van der Waals surface area contributed by atoms with E-state index in [1.807, 2.05) is 32.9 Å². The predicted octanol–water partition coefficient (Wildman–Crippen LogP) is 2.66. The van der Waals surface area contributed by atoms with E-state index >= 15 is 0 Å². The zero-order chi connectivity index (χ0) is 14.8. The van der Waals surface area contributed by atoms with Gasteiger partial charge in [-0.15, -0.1) is 0 Å². The standard InChI is InChI=1S/C15H21IN2O2/c1-15(2,3)20-14(19)11-8-12(16)10-13(9-11)18-6-4-17-5-7-18/h8-10,17H,4-7H2,1-3H3. The van der Waals surface area contributed by atoms with Crippen molar-refractivity contribution >= 4 is 34.2 Å². The lowest BCUT2D eigenvalue weighted by atomic mass is 10.1. The Bertz CT molecular complexity index is 491. The average molecular weight is 388 g/mol. The van der Waals surface area contributed by atoms with Crippen molar-refractivity contribution < 1.29 is 9.53 Å². The first-order chi connectivity index (χ1) is 9.35. The molecule has 2 rings (SSSR count). The van der Waals surface area contributed by atoms with Crippen molar-refractivity contribution in [3.05, 3.63) is 27.3 Å². The van der Waals surface area contributed by atoms with Crippen molar-refractivity contribution in [2.24, 2.45) is 0 Å². The molecule has 0 bridgehead atoms. The molecule has 20 heavy (non-hydrogen) atoms. The fraction of sp³-hybridized carbons (Fsp3) is 0.533. The molecule has 1 aromatic carbocycles. The minimum absolute atomic E-state index is 0.257. The fourth-order valence-corrected chi connectivity index (χ4v) is 2.79. The largest absolute Gasteiger partial charge is 0.456 e. The van der Waals surface area contributed by atoms with E-state index in [2.05, 4.69) is 38.9 Å². The van der Waals surface area contributed by atoms with Crippen molar-refractivity contribution in [1.82, 2.24) is 5.32 Å². The van der Waals surface area contributed by atoms with Gasteiger partial charge >= 0.3 is 5.97 Å². The summed E-state index contributed by atoms with van der Waals surface area (Å²) in [5.74, 6) is -0.257. The smallest absolute Gasteiger partial charge is 0.338 e. The van der Waals surface area contributed by atoms with Crippen molar-refractivity contribution in [1.29, 1.82) is 0 Å². The van der Waals surface area contributed by atoms with Crippen LogP contribution in [0.3, 0.4) is 0 Å². The van der Waals surface area contributed by atoms with Crippen LogP contribution in [0.25, 0.3) is 0 Å². The Balaban J connectivity index is 2.21. The summed E-state index contributed by atoms with van der Waals surface area (Å²) >= 11 is 2.25. The number of piperazine rings is 1. The molecule has 1 aliphatic rings. The van der Waals surface area contributed by atoms with Crippen molar-refractivity contribution in [2.45, 2.75) is 26.4 Å². The van der Waals surface area contributed by atoms with Gasteiger partial charge in [-0.05, 0) is 61.6 Å². The maximum absolute atomic E-state index is 12.2. The highest BCUT2D eigenvalue weighted by atomic mass is 127. The second-order valence-corrected chi connectivity index (χ2v) is 7.18. The van der Waals surface area contributed by atoms with E-state index in [-0.39, 0.29) is 5.97 Å². The SMILES string of the molecule is CC(C)(C)OC(=O)c1cc(I)cc(N2CCNCC2)c1. The quantitative estimate of drug-likeness (QED) is 0.625. The molecule has 0 aliphatic carbocycles. The van der Waals surface area contributed by atoms with Crippen molar-refractivity contribution in [2.75, 3.05) is 31.1 Å². The van der Waals surface area contributed by atoms with Crippen LogP contribution in [0, 0.1) is 3.57 Å². The maximum atomic E-state index is 12.2. The van der Waals surface area contributed by atoms with Crippen LogP contribution in [0.4, 0.5) is 5.69 Å². The maximum Gasteiger partial charge on any atom is 0.338 e. The van der Waals surface area contributed by atoms with Gasteiger partial charge in [-0.3, -0.25) is 0 Å². The van der Waals surface area contributed by atoms with E-state index in [1.54, 1.807) is 0 Å². The number of carbonyl (C=O) groups excluding carboxylic acids is 1. The van der Waals surface area contributed by atoms with Gasteiger partial charge in [0, 0.05) is 35.4 Å². The Morgan fingerprint density at radius 1 is 1.25 bits per heavy atom. The highest BCUT2D eigenvalue weighted by molar-refractivity contribution is 14.1. The predicted molar refractivity (Wildman–Crippen MR) is 89.4 cm³/mol. The molecule has 0 atom stereocenters. The van der Waals surface area contributed by atoms with Crippen LogP contribution in [-0.4, -0.2) is 37.7 Å². The number of esters is 1. The molecule has 0 unspecified atom stereocenters. The Kier molecular flexibility index (Phi) is 4.90. The first-order valence-electron chi connectivity index (χ1n) is 6.85. The Morgan fingerprint density at radius 3 is 2.50 bits per heavy atom. The third-order valence-electron chi connectivity index (χ3n) is 3.00. The molecule has 0 aromatic heterocycles. The summed E-state index contributed by atoms with van der Waals surface area (Å²) in [6, 6.07) is 5.92. The lowest BCUT2D eigenvalue weighted by Crippen LogP contribution is -2.43. The van der Waals surface area contributed by atoms with Gasteiger partial charge in [0.05, 0.1) is 5.56 Å². The van der Waals surface area contributed by atoms with Gasteiger partial charge in [0.2, 0.25) is 0 Å². The first-order valence-corrected chi connectivity index (χ1v) is 7.93. The second kappa shape index (κ2) is 6.30.